The van der Waals surface area contributed by atoms with Gasteiger partial charge in [0, 0.05) is 19.0 Å². The number of rotatable bonds is 5. The van der Waals surface area contributed by atoms with Crippen LogP contribution in [0.25, 0.3) is 0 Å². The first kappa shape index (κ1) is 14.6. The molecule has 1 aliphatic heterocycles. The molecule has 2 amide bonds. The Balaban J connectivity index is 1.97. The minimum absolute atomic E-state index is 0.00121. The molecule has 0 saturated carbocycles. The monoisotopic (exact) mass is 280 g/mol. The van der Waals surface area contributed by atoms with Crippen molar-refractivity contribution < 1.29 is 19.1 Å². The van der Waals surface area contributed by atoms with Crippen LogP contribution in [-0.4, -0.2) is 41.0 Å². The van der Waals surface area contributed by atoms with E-state index >= 15 is 0 Å². The molecule has 1 aliphatic rings. The molecule has 2 atom stereocenters. The summed E-state index contributed by atoms with van der Waals surface area (Å²) in [5.41, 5.74) is 0. The van der Waals surface area contributed by atoms with E-state index in [1.54, 1.807) is 17.0 Å². The van der Waals surface area contributed by atoms with Crippen molar-refractivity contribution in [2.45, 2.75) is 32.4 Å². The quantitative estimate of drug-likeness (QED) is 0.831. The summed E-state index contributed by atoms with van der Waals surface area (Å²) in [5.74, 6) is -0.0875. The highest BCUT2D eigenvalue weighted by molar-refractivity contribution is 5.89. The van der Waals surface area contributed by atoms with Gasteiger partial charge in [0.05, 0.1) is 18.8 Å². The number of nitrogens with zero attached hydrogens (tertiary/aromatic N) is 1. The smallest absolute Gasteiger partial charge is 0.226 e. The number of hydrogen-bond acceptors (Lipinski definition) is 4. The maximum atomic E-state index is 12.2. The van der Waals surface area contributed by atoms with Gasteiger partial charge in [-0.2, -0.15) is 0 Å². The highest BCUT2D eigenvalue weighted by Crippen LogP contribution is 2.22. The molecule has 6 heteroatoms. The first-order valence-electron chi connectivity index (χ1n) is 6.77. The summed E-state index contributed by atoms with van der Waals surface area (Å²) < 4.78 is 5.18. The van der Waals surface area contributed by atoms with E-state index in [1.807, 2.05) is 13.8 Å². The van der Waals surface area contributed by atoms with Crippen molar-refractivity contribution >= 4 is 11.8 Å². The molecule has 0 aromatic carbocycles. The van der Waals surface area contributed by atoms with Crippen LogP contribution < -0.4 is 5.32 Å². The molecule has 1 saturated heterocycles. The molecule has 2 N–H and O–H groups in total. The first-order valence-corrected chi connectivity index (χ1v) is 6.77. The highest BCUT2D eigenvalue weighted by Gasteiger charge is 2.36. The van der Waals surface area contributed by atoms with Crippen molar-refractivity contribution in [2.24, 2.45) is 5.92 Å². The molecular weight excluding hydrogens is 260 g/mol. The molecule has 2 rings (SSSR count). The van der Waals surface area contributed by atoms with Gasteiger partial charge in [-0.1, -0.05) is 0 Å². The van der Waals surface area contributed by atoms with E-state index in [9.17, 15) is 14.7 Å². The zero-order chi connectivity index (χ0) is 14.7. The average molecular weight is 280 g/mol. The number of carbonyl (C=O) groups is 2. The predicted molar refractivity (Wildman–Crippen MR) is 71.6 cm³/mol. The van der Waals surface area contributed by atoms with Crippen LogP contribution in [0.4, 0.5) is 0 Å². The molecule has 110 valence electrons. The van der Waals surface area contributed by atoms with Crippen LogP contribution in [0.5, 0.6) is 0 Å². The molecule has 1 aromatic rings. The molecule has 2 heterocycles. The predicted octanol–water partition coefficient (Wildman–Crippen LogP) is 0.686. The van der Waals surface area contributed by atoms with Gasteiger partial charge < -0.3 is 19.7 Å². The molecule has 20 heavy (non-hydrogen) atoms. The van der Waals surface area contributed by atoms with E-state index in [0.29, 0.717) is 12.3 Å². The average Bonchev–Trinajstić information content (AvgIpc) is 3.04. The van der Waals surface area contributed by atoms with Gasteiger partial charge in [0.25, 0.3) is 0 Å². The second-order valence-corrected chi connectivity index (χ2v) is 5.30. The minimum atomic E-state index is -0.569. The number of hydrogen-bond donors (Lipinski definition) is 2. The summed E-state index contributed by atoms with van der Waals surface area (Å²) in [4.78, 5) is 25.7. The van der Waals surface area contributed by atoms with Crippen molar-refractivity contribution in [3.8, 4) is 0 Å². The van der Waals surface area contributed by atoms with E-state index in [1.165, 1.54) is 6.26 Å². The second-order valence-electron chi connectivity index (χ2n) is 5.30. The van der Waals surface area contributed by atoms with E-state index in [0.717, 1.165) is 0 Å². The summed E-state index contributed by atoms with van der Waals surface area (Å²) in [7, 11) is 0. The third-order valence-electron chi connectivity index (χ3n) is 3.54. The van der Waals surface area contributed by atoms with Crippen LogP contribution in [0.3, 0.4) is 0 Å². The molecule has 0 radical (unpaired) electrons. The van der Waals surface area contributed by atoms with Gasteiger partial charge in [0.1, 0.15) is 11.8 Å². The van der Waals surface area contributed by atoms with Crippen molar-refractivity contribution in [1.29, 1.82) is 0 Å². The largest absolute Gasteiger partial charge is 0.467 e. The number of carbonyl (C=O) groups excluding carboxylic acids is 2. The van der Waals surface area contributed by atoms with Crippen LogP contribution in [0.1, 0.15) is 32.1 Å². The lowest BCUT2D eigenvalue weighted by molar-refractivity contribution is -0.130. The van der Waals surface area contributed by atoms with Gasteiger partial charge in [-0.15, -0.1) is 0 Å². The molecule has 0 bridgehead atoms. The van der Waals surface area contributed by atoms with Crippen molar-refractivity contribution in [2.75, 3.05) is 13.2 Å². The third-order valence-corrected chi connectivity index (χ3v) is 3.54. The summed E-state index contributed by atoms with van der Waals surface area (Å²) in [5, 5.41) is 12.1. The summed E-state index contributed by atoms with van der Waals surface area (Å²) in [6, 6.07) is 2.92. The molecule has 6 nitrogen and oxygen atoms in total. The number of furan rings is 1. The fourth-order valence-electron chi connectivity index (χ4n) is 2.39. The number of amides is 2. The Morgan fingerprint density at radius 1 is 1.60 bits per heavy atom. The van der Waals surface area contributed by atoms with Crippen molar-refractivity contribution in [3.05, 3.63) is 24.2 Å². The second kappa shape index (κ2) is 6.09. The Hall–Kier alpha value is -1.82. The SMILES string of the molecule is CC(C)N1CC(C(=O)NC(CO)c2ccco2)CC1=O. The standard InChI is InChI=1S/C14H20N2O4/c1-9(2)16-7-10(6-13(16)18)14(19)15-11(8-17)12-4-3-5-20-12/h3-5,9-11,17H,6-8H2,1-2H3,(H,15,19). The van der Waals surface area contributed by atoms with Crippen molar-refractivity contribution in [3.63, 3.8) is 0 Å². The van der Waals surface area contributed by atoms with E-state index < -0.39 is 6.04 Å². The zero-order valence-corrected chi connectivity index (χ0v) is 11.7. The van der Waals surface area contributed by atoms with Gasteiger partial charge in [0.15, 0.2) is 0 Å². The van der Waals surface area contributed by atoms with E-state index in [-0.39, 0.29) is 36.8 Å². The van der Waals surface area contributed by atoms with Gasteiger partial charge in [-0.05, 0) is 26.0 Å². The fraction of sp³-hybridized carbons (Fsp3) is 0.571. The van der Waals surface area contributed by atoms with Gasteiger partial charge in [-0.3, -0.25) is 9.59 Å². The van der Waals surface area contributed by atoms with Crippen molar-refractivity contribution in [1.82, 2.24) is 10.2 Å². The molecular formula is C14H20N2O4. The number of aliphatic hydroxyl groups excluding tert-OH is 1. The summed E-state index contributed by atoms with van der Waals surface area (Å²) in [6.45, 7) is 4.04. The molecule has 0 aliphatic carbocycles. The normalized spacial score (nSPS) is 20.5. The third kappa shape index (κ3) is 3.01. The highest BCUT2D eigenvalue weighted by atomic mass is 16.3. The molecule has 0 spiro atoms. The molecule has 1 aromatic heterocycles. The Kier molecular flexibility index (Phi) is 4.44. The molecule has 2 unspecified atom stereocenters. The van der Waals surface area contributed by atoms with Crippen LogP contribution in [0.2, 0.25) is 0 Å². The summed E-state index contributed by atoms with van der Waals surface area (Å²) in [6.07, 6.45) is 1.71. The lowest BCUT2D eigenvalue weighted by Crippen LogP contribution is -2.38. The fourth-order valence-corrected chi connectivity index (χ4v) is 2.39. The van der Waals surface area contributed by atoms with Gasteiger partial charge in [0.2, 0.25) is 11.8 Å². The Bertz CT molecular complexity index is 470. The molecule has 1 fully saturated rings. The van der Waals surface area contributed by atoms with Gasteiger partial charge in [-0.25, -0.2) is 0 Å². The van der Waals surface area contributed by atoms with Crippen LogP contribution in [0.15, 0.2) is 22.8 Å². The first-order chi connectivity index (χ1) is 9.52. The minimum Gasteiger partial charge on any atom is -0.467 e. The van der Waals surface area contributed by atoms with Crippen LogP contribution in [-0.2, 0) is 9.59 Å². The topological polar surface area (TPSA) is 82.8 Å². The van der Waals surface area contributed by atoms with Crippen LogP contribution in [0, 0.1) is 5.92 Å². The number of nitrogens with one attached hydrogen (secondary N) is 1. The summed E-state index contributed by atoms with van der Waals surface area (Å²) >= 11 is 0. The Labute approximate surface area is 117 Å². The van der Waals surface area contributed by atoms with E-state index in [2.05, 4.69) is 5.32 Å². The Morgan fingerprint density at radius 2 is 2.35 bits per heavy atom. The zero-order valence-electron chi connectivity index (χ0n) is 11.7. The Morgan fingerprint density at radius 3 is 2.85 bits per heavy atom. The lowest BCUT2D eigenvalue weighted by Gasteiger charge is -2.21. The lowest BCUT2D eigenvalue weighted by atomic mass is 10.1. The van der Waals surface area contributed by atoms with Crippen LogP contribution >= 0.6 is 0 Å². The maximum Gasteiger partial charge on any atom is 0.226 e. The maximum absolute atomic E-state index is 12.2. The number of aliphatic hydroxyl groups is 1. The van der Waals surface area contributed by atoms with E-state index in [4.69, 9.17) is 4.42 Å². The number of likely N-dealkylation sites (tertiary alicyclic amines) is 1. The van der Waals surface area contributed by atoms with Gasteiger partial charge >= 0.3 is 0 Å².